The first-order valence-electron chi connectivity index (χ1n) is 5.81. The SMILES string of the molecule is CC(C)(C)C(=O)c1cc2c(c3sc(Br)nc13)OCO2. The number of carbonyl (C=O) groups excluding carboxylic acids is 1. The first kappa shape index (κ1) is 12.9. The third-order valence-electron chi connectivity index (χ3n) is 2.91. The van der Waals surface area contributed by atoms with Gasteiger partial charge < -0.3 is 9.47 Å². The van der Waals surface area contributed by atoms with Crippen LogP contribution in [0.4, 0.5) is 0 Å². The van der Waals surface area contributed by atoms with Crippen molar-refractivity contribution < 1.29 is 14.3 Å². The zero-order valence-corrected chi connectivity index (χ0v) is 13.1. The summed E-state index contributed by atoms with van der Waals surface area (Å²) in [6, 6.07) is 1.74. The second-order valence-electron chi connectivity index (χ2n) is 5.38. The molecule has 2 aromatic rings. The number of aromatic nitrogens is 1. The number of rotatable bonds is 1. The second-order valence-corrected chi connectivity index (χ2v) is 7.66. The molecule has 0 fully saturated rings. The minimum atomic E-state index is -0.462. The van der Waals surface area contributed by atoms with E-state index in [4.69, 9.17) is 9.47 Å². The van der Waals surface area contributed by atoms with Crippen LogP contribution in [-0.2, 0) is 0 Å². The van der Waals surface area contributed by atoms with Crippen LogP contribution < -0.4 is 9.47 Å². The highest BCUT2D eigenvalue weighted by Crippen LogP contribution is 2.45. The van der Waals surface area contributed by atoms with Crippen LogP contribution in [0.3, 0.4) is 0 Å². The van der Waals surface area contributed by atoms with Crippen LogP contribution in [0.15, 0.2) is 9.98 Å². The minimum Gasteiger partial charge on any atom is -0.454 e. The Kier molecular flexibility index (Phi) is 2.83. The van der Waals surface area contributed by atoms with Crippen molar-refractivity contribution in [3.8, 4) is 11.5 Å². The standard InChI is InChI=1S/C13H12BrNO3S/c1-13(2,3)11(16)6-4-7-9(18-5-17-7)10-8(6)15-12(14)19-10/h4H,5H2,1-3H3. The molecule has 1 aromatic carbocycles. The van der Waals surface area contributed by atoms with Crippen LogP contribution in [0.25, 0.3) is 10.2 Å². The second kappa shape index (κ2) is 4.18. The number of fused-ring (bicyclic) bond motifs is 3. The highest BCUT2D eigenvalue weighted by Gasteiger charge is 2.30. The lowest BCUT2D eigenvalue weighted by Gasteiger charge is -2.17. The molecule has 0 bridgehead atoms. The number of thiazole rings is 1. The van der Waals surface area contributed by atoms with E-state index in [-0.39, 0.29) is 12.6 Å². The van der Waals surface area contributed by atoms with E-state index in [1.54, 1.807) is 6.07 Å². The molecule has 1 aliphatic heterocycles. The molecule has 0 N–H and O–H groups in total. The number of hydrogen-bond donors (Lipinski definition) is 0. The summed E-state index contributed by atoms with van der Waals surface area (Å²) in [4.78, 5) is 16.9. The van der Waals surface area contributed by atoms with E-state index in [9.17, 15) is 4.79 Å². The molecular weight excluding hydrogens is 330 g/mol. The number of hydrogen-bond acceptors (Lipinski definition) is 5. The molecular formula is C13H12BrNO3S. The molecule has 0 saturated carbocycles. The van der Waals surface area contributed by atoms with Gasteiger partial charge in [0.2, 0.25) is 6.79 Å². The lowest BCUT2D eigenvalue weighted by Crippen LogP contribution is -2.20. The monoisotopic (exact) mass is 341 g/mol. The molecule has 1 aromatic heterocycles. The van der Waals surface area contributed by atoms with Gasteiger partial charge in [-0.15, -0.1) is 11.3 Å². The third-order valence-corrected chi connectivity index (χ3v) is 4.41. The maximum Gasteiger partial charge on any atom is 0.231 e. The van der Waals surface area contributed by atoms with E-state index in [1.807, 2.05) is 20.8 Å². The smallest absolute Gasteiger partial charge is 0.231 e. The fourth-order valence-electron chi connectivity index (χ4n) is 1.98. The van der Waals surface area contributed by atoms with Crippen molar-refractivity contribution in [1.29, 1.82) is 0 Å². The van der Waals surface area contributed by atoms with Crippen molar-refractivity contribution in [3.63, 3.8) is 0 Å². The van der Waals surface area contributed by atoms with E-state index < -0.39 is 5.41 Å². The van der Waals surface area contributed by atoms with Gasteiger partial charge in [-0.3, -0.25) is 4.79 Å². The fraction of sp³-hybridized carbons (Fsp3) is 0.385. The average molecular weight is 342 g/mol. The molecule has 0 aliphatic carbocycles. The fourth-order valence-corrected chi connectivity index (χ4v) is 3.45. The molecule has 0 unspecified atom stereocenters. The molecule has 2 heterocycles. The normalized spacial score (nSPS) is 14.1. The Morgan fingerprint density at radius 3 is 2.84 bits per heavy atom. The van der Waals surface area contributed by atoms with Crippen LogP contribution in [-0.4, -0.2) is 17.6 Å². The van der Waals surface area contributed by atoms with Gasteiger partial charge in [0.1, 0.15) is 4.70 Å². The van der Waals surface area contributed by atoms with E-state index in [1.165, 1.54) is 11.3 Å². The zero-order chi connectivity index (χ0) is 13.8. The van der Waals surface area contributed by atoms with Gasteiger partial charge in [-0.25, -0.2) is 4.98 Å². The predicted octanol–water partition coefficient (Wildman–Crippen LogP) is 4.02. The topological polar surface area (TPSA) is 48.4 Å². The van der Waals surface area contributed by atoms with Gasteiger partial charge in [0.15, 0.2) is 21.2 Å². The molecule has 0 saturated heterocycles. The largest absolute Gasteiger partial charge is 0.454 e. The molecule has 6 heteroatoms. The minimum absolute atomic E-state index is 0.0496. The molecule has 3 rings (SSSR count). The maximum absolute atomic E-state index is 12.5. The number of ether oxygens (including phenoxy) is 2. The summed E-state index contributed by atoms with van der Waals surface area (Å²) < 4.78 is 12.5. The zero-order valence-electron chi connectivity index (χ0n) is 10.7. The highest BCUT2D eigenvalue weighted by atomic mass is 79.9. The van der Waals surface area contributed by atoms with Crippen LogP contribution in [0.2, 0.25) is 0 Å². The van der Waals surface area contributed by atoms with Crippen LogP contribution >= 0.6 is 27.3 Å². The Bertz CT molecular complexity index is 687. The van der Waals surface area contributed by atoms with E-state index in [2.05, 4.69) is 20.9 Å². The van der Waals surface area contributed by atoms with E-state index in [0.29, 0.717) is 22.6 Å². The van der Waals surface area contributed by atoms with Gasteiger partial charge in [-0.05, 0) is 22.0 Å². The molecule has 0 spiro atoms. The van der Waals surface area contributed by atoms with Crippen molar-refractivity contribution in [1.82, 2.24) is 4.98 Å². The number of ketones is 1. The number of Topliss-reactive ketones (excluding diaryl/α,β-unsaturated/α-hetero) is 1. The van der Waals surface area contributed by atoms with Crippen LogP contribution in [0, 0.1) is 5.41 Å². The summed E-state index contributed by atoms with van der Waals surface area (Å²) in [7, 11) is 0. The Morgan fingerprint density at radius 1 is 1.42 bits per heavy atom. The number of nitrogens with zero attached hydrogens (tertiary/aromatic N) is 1. The molecule has 100 valence electrons. The van der Waals surface area contributed by atoms with Crippen molar-refractivity contribution in [2.75, 3.05) is 6.79 Å². The van der Waals surface area contributed by atoms with Gasteiger partial charge in [-0.1, -0.05) is 20.8 Å². The Labute approximate surface area is 122 Å². The quantitative estimate of drug-likeness (QED) is 0.735. The highest BCUT2D eigenvalue weighted by molar-refractivity contribution is 9.11. The Balaban J connectivity index is 2.31. The summed E-state index contributed by atoms with van der Waals surface area (Å²) in [6.07, 6.45) is 0. The lowest BCUT2D eigenvalue weighted by molar-refractivity contribution is 0.0859. The summed E-state index contributed by atoms with van der Waals surface area (Å²) in [5.41, 5.74) is 0.811. The molecule has 0 atom stereocenters. The van der Waals surface area contributed by atoms with E-state index in [0.717, 1.165) is 8.62 Å². The summed E-state index contributed by atoms with van der Waals surface area (Å²) in [5, 5.41) is 0. The molecule has 19 heavy (non-hydrogen) atoms. The first-order valence-corrected chi connectivity index (χ1v) is 7.42. The molecule has 0 amide bonds. The van der Waals surface area contributed by atoms with Gasteiger partial charge in [0.25, 0.3) is 0 Å². The van der Waals surface area contributed by atoms with E-state index >= 15 is 0 Å². The van der Waals surface area contributed by atoms with Crippen LogP contribution in [0.1, 0.15) is 31.1 Å². The van der Waals surface area contributed by atoms with Gasteiger partial charge in [0, 0.05) is 11.0 Å². The predicted molar refractivity (Wildman–Crippen MR) is 77.2 cm³/mol. The molecule has 1 aliphatic rings. The number of halogens is 1. The summed E-state index contributed by atoms with van der Waals surface area (Å²) in [5.74, 6) is 1.36. The molecule has 0 radical (unpaired) electrons. The third kappa shape index (κ3) is 2.03. The van der Waals surface area contributed by atoms with Crippen LogP contribution in [0.5, 0.6) is 11.5 Å². The average Bonchev–Trinajstić information content (AvgIpc) is 2.89. The van der Waals surface area contributed by atoms with Crippen molar-refractivity contribution in [3.05, 3.63) is 15.5 Å². The van der Waals surface area contributed by atoms with Crippen molar-refractivity contribution in [2.45, 2.75) is 20.8 Å². The number of carbonyl (C=O) groups is 1. The Hall–Kier alpha value is -1.14. The number of benzene rings is 1. The Morgan fingerprint density at radius 2 is 2.16 bits per heavy atom. The lowest BCUT2D eigenvalue weighted by atomic mass is 9.86. The first-order chi connectivity index (χ1) is 8.88. The van der Waals surface area contributed by atoms with Crippen molar-refractivity contribution >= 4 is 43.3 Å². The molecule has 4 nitrogen and oxygen atoms in total. The van der Waals surface area contributed by atoms with Gasteiger partial charge in [-0.2, -0.15) is 0 Å². The maximum atomic E-state index is 12.5. The summed E-state index contributed by atoms with van der Waals surface area (Å²) in [6.45, 7) is 5.88. The summed E-state index contributed by atoms with van der Waals surface area (Å²) >= 11 is 4.81. The van der Waals surface area contributed by atoms with Gasteiger partial charge >= 0.3 is 0 Å². The van der Waals surface area contributed by atoms with Crippen molar-refractivity contribution in [2.24, 2.45) is 5.41 Å². The van der Waals surface area contributed by atoms with Gasteiger partial charge in [0.05, 0.1) is 5.52 Å².